The molecule has 180 valence electrons. The van der Waals surface area contributed by atoms with E-state index in [0.29, 0.717) is 37.0 Å². The van der Waals surface area contributed by atoms with E-state index in [-0.39, 0.29) is 23.7 Å². The van der Waals surface area contributed by atoms with Crippen molar-refractivity contribution >= 4 is 17.1 Å². The Morgan fingerprint density at radius 1 is 1.09 bits per heavy atom. The molecule has 1 fully saturated rings. The van der Waals surface area contributed by atoms with Gasteiger partial charge in [-0.3, -0.25) is 13.9 Å². The van der Waals surface area contributed by atoms with Crippen LogP contribution in [-0.2, 0) is 31.8 Å². The topological polar surface area (TPSA) is 90.9 Å². The molecule has 0 aliphatic carbocycles. The number of rotatable bonds is 8. The first kappa shape index (κ1) is 25.0. The number of hydrogen-bond acceptors (Lipinski definition) is 5. The first-order valence-electron chi connectivity index (χ1n) is 11.3. The van der Waals surface area contributed by atoms with E-state index in [4.69, 9.17) is 9.72 Å². The number of aryl methyl sites for hydroxylation is 2. The number of quaternary nitrogens is 1. The van der Waals surface area contributed by atoms with Gasteiger partial charge in [-0.15, -0.1) is 0 Å². The van der Waals surface area contributed by atoms with Gasteiger partial charge in [0.2, 0.25) is 5.95 Å². The van der Waals surface area contributed by atoms with Crippen molar-refractivity contribution in [3.63, 3.8) is 0 Å². The number of imidazole rings is 1. The molecule has 0 bridgehead atoms. The summed E-state index contributed by atoms with van der Waals surface area (Å²) in [5, 5.41) is 2.36. The number of nitrogens with two attached hydrogens (primary N) is 1. The quantitative estimate of drug-likeness (QED) is 0.347. The van der Waals surface area contributed by atoms with Gasteiger partial charge in [0, 0.05) is 46.6 Å². The maximum atomic E-state index is 13.0. The van der Waals surface area contributed by atoms with Gasteiger partial charge in [0.15, 0.2) is 11.2 Å². The normalized spacial score (nSPS) is 14.9. The predicted molar refractivity (Wildman–Crippen MR) is 124 cm³/mol. The minimum Gasteiger partial charge on any atom is -1.00 e. The molecular formula is C23H33ClN6O3. The molecule has 4 rings (SSSR count). The number of benzene rings is 1. The third-order valence-corrected chi connectivity index (χ3v) is 6.18. The summed E-state index contributed by atoms with van der Waals surface area (Å²) in [4.78, 5) is 32.3. The summed E-state index contributed by atoms with van der Waals surface area (Å²) in [5.74, 6) is 0.749. The minimum absolute atomic E-state index is 0. The highest BCUT2D eigenvalue weighted by molar-refractivity contribution is 5.74. The van der Waals surface area contributed by atoms with E-state index in [2.05, 4.69) is 41.4 Å². The number of nitrogens with zero attached hydrogens (tertiary/aromatic N) is 5. The Balaban J connectivity index is 0.00000306. The van der Waals surface area contributed by atoms with Crippen molar-refractivity contribution in [2.75, 3.05) is 37.7 Å². The highest BCUT2D eigenvalue weighted by Crippen LogP contribution is 2.21. The second-order valence-corrected chi connectivity index (χ2v) is 8.59. The molecule has 1 atom stereocenters. The summed E-state index contributed by atoms with van der Waals surface area (Å²) in [6.07, 6.45) is 1.92. The smallest absolute Gasteiger partial charge is 0.332 e. The van der Waals surface area contributed by atoms with Crippen LogP contribution in [0.1, 0.15) is 18.9 Å². The summed E-state index contributed by atoms with van der Waals surface area (Å²) < 4.78 is 10.1. The molecule has 0 amide bonds. The predicted octanol–water partition coefficient (Wildman–Crippen LogP) is -3.14. The molecule has 2 N–H and O–H groups in total. The van der Waals surface area contributed by atoms with Gasteiger partial charge < -0.3 is 31.9 Å². The van der Waals surface area contributed by atoms with Crippen LogP contribution < -0.4 is 33.9 Å². The number of morpholine rings is 1. The van der Waals surface area contributed by atoms with E-state index in [0.717, 1.165) is 43.0 Å². The van der Waals surface area contributed by atoms with E-state index < -0.39 is 0 Å². The average Bonchev–Trinajstić information content (AvgIpc) is 3.20. The zero-order valence-electron chi connectivity index (χ0n) is 19.5. The largest absolute Gasteiger partial charge is 1.00 e. The van der Waals surface area contributed by atoms with Crippen molar-refractivity contribution in [1.82, 2.24) is 18.7 Å². The molecule has 9 nitrogen and oxygen atoms in total. The Morgan fingerprint density at radius 2 is 1.79 bits per heavy atom. The lowest BCUT2D eigenvalue weighted by Gasteiger charge is -2.28. The van der Waals surface area contributed by atoms with E-state index in [1.165, 1.54) is 17.2 Å². The van der Waals surface area contributed by atoms with Crippen molar-refractivity contribution in [3.05, 3.63) is 56.7 Å². The first-order chi connectivity index (χ1) is 15.5. The van der Waals surface area contributed by atoms with Crippen LogP contribution in [0.25, 0.3) is 11.2 Å². The van der Waals surface area contributed by atoms with Gasteiger partial charge >= 0.3 is 5.69 Å². The Bertz CT molecular complexity index is 1180. The Kier molecular flexibility index (Phi) is 8.34. The van der Waals surface area contributed by atoms with Crippen LogP contribution in [-0.4, -0.2) is 57.6 Å². The third-order valence-electron chi connectivity index (χ3n) is 6.18. The van der Waals surface area contributed by atoms with Gasteiger partial charge in [0.1, 0.15) is 0 Å². The van der Waals surface area contributed by atoms with Gasteiger partial charge in [-0.1, -0.05) is 30.3 Å². The van der Waals surface area contributed by atoms with Gasteiger partial charge in [-0.2, -0.15) is 4.98 Å². The van der Waals surface area contributed by atoms with Crippen LogP contribution in [0.4, 0.5) is 5.95 Å². The molecule has 33 heavy (non-hydrogen) atoms. The summed E-state index contributed by atoms with van der Waals surface area (Å²) in [6, 6.07) is 11.0. The fourth-order valence-electron chi connectivity index (χ4n) is 4.37. The number of hydrogen-bond donors (Lipinski definition) is 1. The van der Waals surface area contributed by atoms with Crippen LogP contribution >= 0.6 is 0 Å². The molecular weight excluding hydrogens is 444 g/mol. The van der Waals surface area contributed by atoms with Crippen LogP contribution in [0.3, 0.4) is 0 Å². The molecule has 3 aromatic rings. The molecule has 1 aromatic carbocycles. The molecule has 0 radical (unpaired) electrons. The van der Waals surface area contributed by atoms with Crippen molar-refractivity contribution in [3.8, 4) is 0 Å². The Morgan fingerprint density at radius 3 is 2.48 bits per heavy atom. The summed E-state index contributed by atoms with van der Waals surface area (Å²) in [7, 11) is 3.19. The van der Waals surface area contributed by atoms with Crippen molar-refractivity contribution in [2.24, 2.45) is 14.1 Å². The highest BCUT2D eigenvalue weighted by atomic mass is 35.5. The van der Waals surface area contributed by atoms with Gasteiger partial charge in [0.25, 0.3) is 5.56 Å². The van der Waals surface area contributed by atoms with Crippen molar-refractivity contribution < 1.29 is 22.5 Å². The number of halogens is 1. The van der Waals surface area contributed by atoms with Gasteiger partial charge in [-0.05, 0) is 12.5 Å². The number of aromatic nitrogens is 4. The zero-order chi connectivity index (χ0) is 22.7. The SMILES string of the molecule is CC(Cc1ccccc1)[NH2+]CCCn1c(N2CCOCC2)nc2c1c(=O)n(C)c(=O)n2C.[Cl-]. The second-order valence-electron chi connectivity index (χ2n) is 8.59. The molecule has 2 aromatic heterocycles. The first-order valence-corrected chi connectivity index (χ1v) is 11.3. The Labute approximate surface area is 199 Å². The fourth-order valence-corrected chi connectivity index (χ4v) is 4.37. The van der Waals surface area contributed by atoms with Crippen molar-refractivity contribution in [2.45, 2.75) is 32.4 Å². The molecule has 1 unspecified atom stereocenters. The minimum atomic E-state index is -0.358. The lowest BCUT2D eigenvalue weighted by Crippen LogP contribution is -3.00. The second kappa shape index (κ2) is 11.0. The highest BCUT2D eigenvalue weighted by Gasteiger charge is 2.24. The molecule has 10 heteroatoms. The summed E-state index contributed by atoms with van der Waals surface area (Å²) in [5.41, 5.74) is 1.63. The monoisotopic (exact) mass is 476 g/mol. The van der Waals surface area contributed by atoms with Gasteiger partial charge in [-0.25, -0.2) is 4.79 Å². The number of ether oxygens (including phenoxy) is 1. The van der Waals surface area contributed by atoms with E-state index in [1.54, 1.807) is 7.05 Å². The Hall–Kier alpha value is -2.62. The lowest BCUT2D eigenvalue weighted by molar-refractivity contribution is -0.686. The zero-order valence-corrected chi connectivity index (χ0v) is 20.3. The summed E-state index contributed by atoms with van der Waals surface area (Å²) >= 11 is 0. The fraction of sp³-hybridized carbons (Fsp3) is 0.522. The molecule has 0 saturated carbocycles. The molecule has 0 spiro atoms. The van der Waals surface area contributed by atoms with Crippen LogP contribution in [0, 0.1) is 0 Å². The van der Waals surface area contributed by atoms with Crippen LogP contribution in [0.2, 0.25) is 0 Å². The molecule has 1 aliphatic rings. The average molecular weight is 477 g/mol. The molecule has 1 saturated heterocycles. The standard InChI is InChI=1S/C23H32N6O3.ClH/c1-17(16-18-8-5-4-6-9-18)24-10-7-11-29-19-20(26(2)23(31)27(3)21(19)30)25-22(29)28-12-14-32-15-13-28;/h4-6,8-9,17,24H,7,10-16H2,1-3H3;1H. The molecule has 3 heterocycles. The lowest BCUT2D eigenvalue weighted by atomic mass is 10.1. The van der Waals surface area contributed by atoms with Gasteiger partial charge in [0.05, 0.1) is 25.8 Å². The third kappa shape index (κ3) is 5.31. The maximum Gasteiger partial charge on any atom is 0.332 e. The van der Waals surface area contributed by atoms with Crippen LogP contribution in [0.5, 0.6) is 0 Å². The van der Waals surface area contributed by atoms with Crippen molar-refractivity contribution in [1.29, 1.82) is 0 Å². The van der Waals surface area contributed by atoms with E-state index in [1.807, 2.05) is 10.6 Å². The maximum absolute atomic E-state index is 13.0. The molecule has 1 aliphatic heterocycles. The number of fused-ring (bicyclic) bond motifs is 1. The van der Waals surface area contributed by atoms with E-state index in [9.17, 15) is 9.59 Å². The van der Waals surface area contributed by atoms with E-state index >= 15 is 0 Å². The summed E-state index contributed by atoms with van der Waals surface area (Å²) in [6.45, 7) is 6.56. The number of anilines is 1. The van der Waals surface area contributed by atoms with Crippen LogP contribution in [0.15, 0.2) is 39.9 Å².